The van der Waals surface area contributed by atoms with Gasteiger partial charge < -0.3 is 18.9 Å². The van der Waals surface area contributed by atoms with Crippen molar-refractivity contribution in [2.24, 2.45) is 0 Å². The molecule has 0 radical (unpaired) electrons. The fourth-order valence-corrected chi connectivity index (χ4v) is 3.68. The van der Waals surface area contributed by atoms with Gasteiger partial charge >= 0.3 is 12.0 Å². The lowest BCUT2D eigenvalue weighted by Crippen LogP contribution is -2.38. The van der Waals surface area contributed by atoms with Gasteiger partial charge in [0.25, 0.3) is 0 Å². The molecule has 0 bridgehead atoms. The van der Waals surface area contributed by atoms with Crippen LogP contribution in [0.3, 0.4) is 0 Å². The van der Waals surface area contributed by atoms with Gasteiger partial charge in [-0.25, -0.2) is 14.2 Å². The molecule has 0 atom stereocenters. The first-order valence-electron chi connectivity index (χ1n) is 11.2. The topological polar surface area (TPSA) is 86.2 Å². The van der Waals surface area contributed by atoms with Crippen LogP contribution in [0.25, 0.3) is 11.1 Å². The van der Waals surface area contributed by atoms with Gasteiger partial charge in [0.05, 0.1) is 26.4 Å². The summed E-state index contributed by atoms with van der Waals surface area (Å²) < 4.78 is 35.3. The summed E-state index contributed by atoms with van der Waals surface area (Å²) in [5.41, 5.74) is 1.18. The van der Waals surface area contributed by atoms with Crippen LogP contribution in [-0.4, -0.2) is 105 Å². The summed E-state index contributed by atoms with van der Waals surface area (Å²) in [5, 5.41) is 0. The smallest absolute Gasteiger partial charge is 0.357 e. The average molecular weight is 461 g/mol. The number of hydrogen-bond acceptors (Lipinski definition) is 9. The number of morpholine rings is 2. The van der Waals surface area contributed by atoms with Crippen molar-refractivity contribution in [2.45, 2.75) is 0 Å². The third-order valence-electron chi connectivity index (χ3n) is 5.60. The van der Waals surface area contributed by atoms with E-state index in [4.69, 9.17) is 18.9 Å². The molecule has 1 aromatic carbocycles. The van der Waals surface area contributed by atoms with Crippen LogP contribution in [-0.2, 0) is 14.2 Å². The zero-order chi connectivity index (χ0) is 22.9. The first-order valence-corrected chi connectivity index (χ1v) is 11.2. The van der Waals surface area contributed by atoms with E-state index >= 15 is 0 Å². The molecule has 0 amide bonds. The van der Waals surface area contributed by atoms with Crippen LogP contribution < -0.4 is 4.74 Å². The van der Waals surface area contributed by atoms with Gasteiger partial charge in [-0.05, 0) is 17.7 Å². The van der Waals surface area contributed by atoms with E-state index in [0.717, 1.165) is 26.2 Å². The van der Waals surface area contributed by atoms with Crippen molar-refractivity contribution < 1.29 is 28.1 Å². The highest BCUT2D eigenvalue weighted by molar-refractivity contribution is 5.95. The minimum absolute atomic E-state index is 0.0972. The van der Waals surface area contributed by atoms with Crippen molar-refractivity contribution >= 4 is 5.97 Å². The van der Waals surface area contributed by atoms with E-state index in [1.807, 2.05) is 0 Å². The lowest BCUT2D eigenvalue weighted by molar-refractivity contribution is 0.0192. The summed E-state index contributed by atoms with van der Waals surface area (Å²) >= 11 is 0. The molecule has 4 rings (SSSR count). The minimum Gasteiger partial charge on any atom is -0.462 e. The van der Waals surface area contributed by atoms with E-state index in [9.17, 15) is 9.18 Å². The normalized spacial score (nSPS) is 17.6. The van der Waals surface area contributed by atoms with E-state index in [0.29, 0.717) is 57.3 Å². The Morgan fingerprint density at radius 3 is 2.18 bits per heavy atom. The van der Waals surface area contributed by atoms with Crippen molar-refractivity contribution in [3.05, 3.63) is 42.0 Å². The van der Waals surface area contributed by atoms with Gasteiger partial charge in [-0.1, -0.05) is 12.1 Å². The fraction of sp³-hybridized carbons (Fsp3) is 0.522. The second-order valence-corrected chi connectivity index (χ2v) is 7.81. The van der Waals surface area contributed by atoms with Crippen molar-refractivity contribution in [2.75, 3.05) is 78.9 Å². The van der Waals surface area contributed by atoms with Crippen molar-refractivity contribution in [1.29, 1.82) is 0 Å². The van der Waals surface area contributed by atoms with Crippen LogP contribution in [0.5, 0.6) is 6.01 Å². The first kappa shape index (κ1) is 23.5. The lowest BCUT2D eigenvalue weighted by Gasteiger charge is -2.26. The molecule has 178 valence electrons. The van der Waals surface area contributed by atoms with Crippen LogP contribution >= 0.6 is 0 Å². The quantitative estimate of drug-likeness (QED) is 0.517. The van der Waals surface area contributed by atoms with E-state index in [-0.39, 0.29) is 24.1 Å². The molecule has 2 saturated heterocycles. The Labute approximate surface area is 192 Å². The molecule has 2 aliphatic rings. The molecule has 2 aromatic rings. The van der Waals surface area contributed by atoms with Gasteiger partial charge in [0.15, 0.2) is 5.69 Å². The minimum atomic E-state index is -0.567. The molecule has 0 saturated carbocycles. The summed E-state index contributed by atoms with van der Waals surface area (Å²) in [4.78, 5) is 25.9. The van der Waals surface area contributed by atoms with Gasteiger partial charge in [-0.15, -0.1) is 0 Å². The average Bonchev–Trinajstić information content (AvgIpc) is 2.86. The number of benzene rings is 1. The zero-order valence-electron chi connectivity index (χ0n) is 18.6. The number of rotatable bonds is 9. The van der Waals surface area contributed by atoms with Gasteiger partial charge in [-0.3, -0.25) is 9.80 Å². The van der Waals surface area contributed by atoms with Gasteiger partial charge in [0.1, 0.15) is 19.0 Å². The number of aromatic nitrogens is 2. The fourth-order valence-electron chi connectivity index (χ4n) is 3.68. The Bertz CT molecular complexity index is 902. The molecular weight excluding hydrogens is 431 g/mol. The molecule has 33 heavy (non-hydrogen) atoms. The van der Waals surface area contributed by atoms with Crippen LogP contribution in [0.1, 0.15) is 10.5 Å². The van der Waals surface area contributed by atoms with Crippen LogP contribution in [0.2, 0.25) is 0 Å². The number of ether oxygens (including phenoxy) is 4. The van der Waals surface area contributed by atoms with E-state index in [1.165, 1.54) is 18.3 Å². The van der Waals surface area contributed by atoms with Crippen LogP contribution in [0, 0.1) is 5.82 Å². The number of hydrogen-bond donors (Lipinski definition) is 0. The molecule has 0 N–H and O–H groups in total. The molecule has 2 fully saturated rings. The number of nitrogens with zero attached hydrogens (tertiary/aromatic N) is 4. The van der Waals surface area contributed by atoms with Crippen molar-refractivity contribution in [3.63, 3.8) is 0 Å². The maximum atomic E-state index is 13.4. The third-order valence-corrected chi connectivity index (χ3v) is 5.60. The summed E-state index contributed by atoms with van der Waals surface area (Å²) in [6, 6.07) is 5.93. The Morgan fingerprint density at radius 2 is 1.55 bits per heavy atom. The Balaban J connectivity index is 1.42. The molecule has 10 heteroatoms. The van der Waals surface area contributed by atoms with Crippen molar-refractivity contribution in [3.8, 4) is 17.1 Å². The molecule has 2 aliphatic heterocycles. The predicted octanol–water partition coefficient (Wildman–Crippen LogP) is 1.48. The summed E-state index contributed by atoms with van der Waals surface area (Å²) in [6.45, 7) is 8.08. The van der Waals surface area contributed by atoms with E-state index in [2.05, 4.69) is 19.8 Å². The predicted molar refractivity (Wildman–Crippen MR) is 118 cm³/mol. The summed E-state index contributed by atoms with van der Waals surface area (Å²) in [7, 11) is 0. The number of carbonyl (C=O) groups excluding carboxylic acids is 1. The standard InChI is InChI=1S/C23H29FN4O5/c24-19-3-1-18(2-4-19)20-17-25-23(33-16-10-28-7-13-31-14-8-28)26-21(20)22(29)32-15-9-27-5-11-30-12-6-27/h1-4,17H,5-16H2. The maximum Gasteiger partial charge on any atom is 0.357 e. The highest BCUT2D eigenvalue weighted by Crippen LogP contribution is 2.24. The Kier molecular flexibility index (Phi) is 8.53. The molecule has 1 aromatic heterocycles. The molecule has 0 aliphatic carbocycles. The second kappa shape index (κ2) is 12.0. The summed E-state index contributed by atoms with van der Waals surface area (Å²) in [6.07, 6.45) is 1.52. The van der Waals surface area contributed by atoms with Gasteiger partial charge in [0.2, 0.25) is 0 Å². The third kappa shape index (κ3) is 6.91. The summed E-state index contributed by atoms with van der Waals surface area (Å²) in [5.74, 6) is -0.930. The monoisotopic (exact) mass is 460 g/mol. The zero-order valence-corrected chi connectivity index (χ0v) is 18.6. The van der Waals surface area contributed by atoms with E-state index in [1.54, 1.807) is 12.1 Å². The largest absolute Gasteiger partial charge is 0.462 e. The molecule has 0 spiro atoms. The van der Waals surface area contributed by atoms with Crippen molar-refractivity contribution in [1.82, 2.24) is 19.8 Å². The lowest BCUT2D eigenvalue weighted by atomic mass is 10.1. The number of esters is 1. The molecule has 0 unspecified atom stereocenters. The highest BCUT2D eigenvalue weighted by Gasteiger charge is 2.20. The molecule has 3 heterocycles. The van der Waals surface area contributed by atoms with Crippen LogP contribution in [0.4, 0.5) is 4.39 Å². The Morgan fingerprint density at radius 1 is 0.939 bits per heavy atom. The maximum absolute atomic E-state index is 13.4. The molecular formula is C23H29FN4O5. The van der Waals surface area contributed by atoms with E-state index < -0.39 is 5.97 Å². The molecule has 9 nitrogen and oxygen atoms in total. The number of carbonyl (C=O) groups is 1. The second-order valence-electron chi connectivity index (χ2n) is 7.81. The Hall–Kier alpha value is -2.66. The number of halogens is 1. The highest BCUT2D eigenvalue weighted by atomic mass is 19.1. The van der Waals surface area contributed by atoms with Gasteiger partial charge in [0, 0.05) is 51.0 Å². The first-order chi connectivity index (χ1) is 16.2. The van der Waals surface area contributed by atoms with Gasteiger partial charge in [-0.2, -0.15) is 4.98 Å². The van der Waals surface area contributed by atoms with Crippen LogP contribution in [0.15, 0.2) is 30.5 Å². The SMILES string of the molecule is O=C(OCCN1CCOCC1)c1nc(OCCN2CCOCC2)ncc1-c1ccc(F)cc1.